The van der Waals surface area contributed by atoms with Gasteiger partial charge in [0.1, 0.15) is 10.6 Å². The molecule has 0 heterocycles. The molecule has 0 unspecified atom stereocenters. The van der Waals surface area contributed by atoms with E-state index >= 15 is 0 Å². The van der Waals surface area contributed by atoms with E-state index in [-0.39, 0.29) is 6.07 Å². The van der Waals surface area contributed by atoms with E-state index in [0.717, 1.165) is 6.07 Å². The Labute approximate surface area is 82.7 Å². The Bertz CT molecular complexity index is 477. The van der Waals surface area contributed by atoms with Gasteiger partial charge in [-0.1, -0.05) is 0 Å². The molecule has 0 atom stereocenters. The van der Waals surface area contributed by atoms with Gasteiger partial charge in [-0.05, 0) is 18.2 Å². The van der Waals surface area contributed by atoms with E-state index in [4.69, 9.17) is 9.66 Å². The molecule has 4 nitrogen and oxygen atoms in total. The summed E-state index contributed by atoms with van der Waals surface area (Å²) in [6.45, 7) is 0. The molecule has 1 rings (SSSR count). The van der Waals surface area contributed by atoms with Crippen molar-refractivity contribution in [1.29, 1.82) is 0 Å². The average Bonchev–Trinajstić information content (AvgIpc) is 2.00. The predicted molar refractivity (Wildman–Crippen MR) is 42.9 cm³/mol. The van der Waals surface area contributed by atoms with Crippen LogP contribution in [0.25, 0.3) is 0 Å². The van der Waals surface area contributed by atoms with Gasteiger partial charge in [-0.3, -0.25) is 4.55 Å². The fraction of sp³-hybridized carbons (Fsp3) is 0.143. The maximum absolute atomic E-state index is 12.3. The first kappa shape index (κ1) is 11.8. The zero-order valence-electron chi connectivity index (χ0n) is 6.99. The smallest absolute Gasteiger partial charge is 0.417 e. The van der Waals surface area contributed by atoms with E-state index in [9.17, 15) is 21.6 Å². The van der Waals surface area contributed by atoms with Crippen molar-refractivity contribution in [2.45, 2.75) is 11.1 Å². The minimum Gasteiger partial charge on any atom is -0.508 e. The van der Waals surface area contributed by atoms with Gasteiger partial charge in [-0.25, -0.2) is 0 Å². The summed E-state index contributed by atoms with van der Waals surface area (Å²) >= 11 is 0. The molecule has 0 aliphatic carbocycles. The summed E-state index contributed by atoms with van der Waals surface area (Å²) in [5.74, 6) is -0.741. The lowest BCUT2D eigenvalue weighted by molar-refractivity contribution is -0.140. The van der Waals surface area contributed by atoms with Gasteiger partial charge in [0.25, 0.3) is 10.1 Å². The monoisotopic (exact) mass is 242 g/mol. The average molecular weight is 242 g/mol. The topological polar surface area (TPSA) is 74.6 Å². The van der Waals surface area contributed by atoms with Gasteiger partial charge < -0.3 is 5.11 Å². The van der Waals surface area contributed by atoms with E-state index in [1.165, 1.54) is 0 Å². The van der Waals surface area contributed by atoms with Crippen molar-refractivity contribution < 1.29 is 31.2 Å². The minimum absolute atomic E-state index is 0.225. The Morgan fingerprint density at radius 3 is 2.13 bits per heavy atom. The Morgan fingerprint density at radius 1 is 1.20 bits per heavy atom. The van der Waals surface area contributed by atoms with Crippen LogP contribution in [0.2, 0.25) is 0 Å². The standard InChI is InChI=1S/C7H5F3O4S/c8-7(9,10)5-3-4(11)1-2-6(5)15(12,13)14/h1-3,11H,(H,12,13,14). The van der Waals surface area contributed by atoms with Crippen molar-refractivity contribution in [3.05, 3.63) is 23.8 Å². The highest BCUT2D eigenvalue weighted by atomic mass is 32.2. The van der Waals surface area contributed by atoms with E-state index in [0.29, 0.717) is 6.07 Å². The van der Waals surface area contributed by atoms with Crippen molar-refractivity contribution in [1.82, 2.24) is 0 Å². The van der Waals surface area contributed by atoms with Gasteiger partial charge in [-0.15, -0.1) is 0 Å². The molecular weight excluding hydrogens is 237 g/mol. The molecule has 0 bridgehead atoms. The summed E-state index contributed by atoms with van der Waals surface area (Å²) in [4.78, 5) is -1.28. The molecule has 0 aromatic heterocycles. The molecule has 0 aliphatic rings. The van der Waals surface area contributed by atoms with Crippen molar-refractivity contribution in [2.24, 2.45) is 0 Å². The largest absolute Gasteiger partial charge is 0.508 e. The lowest BCUT2D eigenvalue weighted by Crippen LogP contribution is -2.12. The van der Waals surface area contributed by atoms with Crippen LogP contribution in [0.5, 0.6) is 5.75 Å². The van der Waals surface area contributed by atoms with Gasteiger partial charge in [0.2, 0.25) is 0 Å². The zero-order chi connectivity index (χ0) is 11.9. The maximum atomic E-state index is 12.3. The number of benzene rings is 1. The number of phenols is 1. The molecule has 84 valence electrons. The third kappa shape index (κ3) is 2.60. The van der Waals surface area contributed by atoms with Crippen LogP contribution in [-0.4, -0.2) is 18.1 Å². The van der Waals surface area contributed by atoms with Gasteiger partial charge in [0, 0.05) is 0 Å². The Hall–Kier alpha value is -1.28. The number of halogens is 3. The fourth-order valence-electron chi connectivity index (χ4n) is 0.964. The molecule has 2 N–H and O–H groups in total. The van der Waals surface area contributed by atoms with Crippen molar-refractivity contribution in [3.63, 3.8) is 0 Å². The second-order valence-corrected chi connectivity index (χ2v) is 4.04. The highest BCUT2D eigenvalue weighted by molar-refractivity contribution is 7.85. The predicted octanol–water partition coefficient (Wildman–Crippen LogP) is 1.66. The molecule has 0 fully saturated rings. The first-order valence-electron chi connectivity index (χ1n) is 3.50. The summed E-state index contributed by atoms with van der Waals surface area (Å²) in [5.41, 5.74) is -1.61. The fourth-order valence-corrected chi connectivity index (χ4v) is 1.66. The van der Waals surface area contributed by atoms with E-state index in [1.54, 1.807) is 0 Å². The van der Waals surface area contributed by atoms with Crippen LogP contribution >= 0.6 is 0 Å². The van der Waals surface area contributed by atoms with Crippen LogP contribution in [0.4, 0.5) is 13.2 Å². The van der Waals surface area contributed by atoms with Crippen LogP contribution < -0.4 is 0 Å². The molecule has 0 aliphatic heterocycles. The minimum atomic E-state index is -4.97. The maximum Gasteiger partial charge on any atom is 0.417 e. The molecule has 15 heavy (non-hydrogen) atoms. The summed E-state index contributed by atoms with van der Waals surface area (Å²) in [5, 5.41) is 8.79. The van der Waals surface area contributed by atoms with Gasteiger partial charge in [-0.2, -0.15) is 21.6 Å². The highest BCUT2D eigenvalue weighted by Gasteiger charge is 2.37. The first-order valence-corrected chi connectivity index (χ1v) is 4.94. The van der Waals surface area contributed by atoms with Crippen molar-refractivity contribution in [2.75, 3.05) is 0 Å². The number of alkyl halides is 3. The molecule has 1 aromatic carbocycles. The lowest BCUT2D eigenvalue weighted by atomic mass is 10.2. The first-order chi connectivity index (χ1) is 6.62. The van der Waals surface area contributed by atoms with Gasteiger partial charge in [0.05, 0.1) is 5.56 Å². The third-order valence-corrected chi connectivity index (χ3v) is 2.46. The number of hydrogen-bond acceptors (Lipinski definition) is 3. The van der Waals surface area contributed by atoms with Crippen LogP contribution in [0.3, 0.4) is 0 Å². The molecule has 0 saturated heterocycles. The molecular formula is C7H5F3O4S. The number of rotatable bonds is 1. The van der Waals surface area contributed by atoms with Crippen LogP contribution in [0.1, 0.15) is 5.56 Å². The molecule has 0 amide bonds. The summed E-state index contributed by atoms with van der Waals surface area (Å²) < 4.78 is 66.5. The number of hydrogen-bond donors (Lipinski definition) is 2. The quantitative estimate of drug-likeness (QED) is 0.734. The van der Waals surface area contributed by atoms with Gasteiger partial charge >= 0.3 is 6.18 Å². The Morgan fingerprint density at radius 2 is 1.73 bits per heavy atom. The second kappa shape index (κ2) is 3.38. The normalized spacial score (nSPS) is 12.8. The van der Waals surface area contributed by atoms with Gasteiger partial charge in [0.15, 0.2) is 0 Å². The number of phenolic OH excluding ortho intramolecular Hbond substituents is 1. The van der Waals surface area contributed by atoms with Crippen LogP contribution in [0.15, 0.2) is 23.1 Å². The van der Waals surface area contributed by atoms with E-state index < -0.39 is 32.5 Å². The van der Waals surface area contributed by atoms with Crippen LogP contribution in [0, 0.1) is 0 Å². The van der Waals surface area contributed by atoms with E-state index in [1.807, 2.05) is 0 Å². The summed E-state index contributed by atoms with van der Waals surface area (Å²) in [6, 6.07) is 1.44. The second-order valence-electron chi connectivity index (χ2n) is 2.65. The highest BCUT2D eigenvalue weighted by Crippen LogP contribution is 2.35. The summed E-state index contributed by atoms with van der Waals surface area (Å²) in [6.07, 6.45) is -4.97. The lowest BCUT2D eigenvalue weighted by Gasteiger charge is -2.10. The third-order valence-electron chi connectivity index (χ3n) is 1.55. The Balaban J connectivity index is 3.55. The summed E-state index contributed by atoms with van der Waals surface area (Å²) in [7, 11) is -4.96. The van der Waals surface area contributed by atoms with Crippen LogP contribution in [-0.2, 0) is 16.3 Å². The van der Waals surface area contributed by atoms with Crippen molar-refractivity contribution >= 4 is 10.1 Å². The van der Waals surface area contributed by atoms with Crippen molar-refractivity contribution in [3.8, 4) is 5.75 Å². The molecule has 8 heteroatoms. The Kier molecular flexibility index (Phi) is 2.66. The number of aromatic hydroxyl groups is 1. The SMILES string of the molecule is O=S(=O)(O)c1ccc(O)cc1C(F)(F)F. The molecule has 0 spiro atoms. The molecule has 0 saturated carbocycles. The zero-order valence-corrected chi connectivity index (χ0v) is 7.80. The molecule has 0 radical (unpaired) electrons. The van der Waals surface area contributed by atoms with E-state index in [2.05, 4.69) is 0 Å². The molecule has 1 aromatic rings.